The number of aromatic hydroxyl groups is 1. The maximum atomic E-state index is 12.9. The highest BCUT2D eigenvalue weighted by Gasteiger charge is 2.31. The maximum absolute atomic E-state index is 12.9. The second kappa shape index (κ2) is 9.23. The molecule has 1 unspecified atom stereocenters. The van der Waals surface area contributed by atoms with Gasteiger partial charge < -0.3 is 15.3 Å². The summed E-state index contributed by atoms with van der Waals surface area (Å²) in [6.07, 6.45) is 0. The van der Waals surface area contributed by atoms with E-state index in [0.29, 0.717) is 19.6 Å². The predicted octanol–water partition coefficient (Wildman–Crippen LogP) is 2.10. The first kappa shape index (κ1) is 19.7. The summed E-state index contributed by atoms with van der Waals surface area (Å²) < 4.78 is 0. The van der Waals surface area contributed by atoms with Crippen LogP contribution in [0.2, 0.25) is 0 Å². The van der Waals surface area contributed by atoms with Crippen molar-refractivity contribution in [3.05, 3.63) is 60.2 Å². The van der Waals surface area contributed by atoms with Gasteiger partial charge in [0.05, 0.1) is 0 Å². The number of rotatable bonds is 5. The summed E-state index contributed by atoms with van der Waals surface area (Å²) in [4.78, 5) is 29.0. The van der Waals surface area contributed by atoms with Crippen LogP contribution in [0.25, 0.3) is 0 Å². The van der Waals surface area contributed by atoms with E-state index in [4.69, 9.17) is 0 Å². The average molecular weight is 382 g/mol. The lowest BCUT2D eigenvalue weighted by atomic mass is 10.0. The van der Waals surface area contributed by atoms with Crippen molar-refractivity contribution in [2.75, 3.05) is 37.6 Å². The van der Waals surface area contributed by atoms with Gasteiger partial charge in [0.1, 0.15) is 11.8 Å². The van der Waals surface area contributed by atoms with Gasteiger partial charge in [0.2, 0.25) is 5.91 Å². The Kier molecular flexibility index (Phi) is 6.49. The van der Waals surface area contributed by atoms with Crippen LogP contribution in [0, 0.1) is 0 Å². The second-order valence-electron chi connectivity index (χ2n) is 6.70. The molecule has 1 heterocycles. The molecule has 1 aliphatic heterocycles. The highest BCUT2D eigenvalue weighted by Crippen LogP contribution is 2.25. The van der Waals surface area contributed by atoms with Gasteiger partial charge in [-0.1, -0.05) is 30.3 Å². The number of carbonyl (C=O) groups excluding carboxylic acids is 2. The number of hydrogen-bond donors (Lipinski definition) is 3. The number of amides is 3. The van der Waals surface area contributed by atoms with E-state index in [1.807, 2.05) is 42.5 Å². The summed E-state index contributed by atoms with van der Waals surface area (Å²) in [5.41, 5.74) is 1.91. The number of phenolic OH excluding ortho intramolecular Hbond substituents is 1. The highest BCUT2D eigenvalue weighted by atomic mass is 16.3. The van der Waals surface area contributed by atoms with Crippen molar-refractivity contribution >= 4 is 17.6 Å². The summed E-state index contributed by atoms with van der Waals surface area (Å²) in [6, 6.07) is 15.7. The molecule has 0 aliphatic carbocycles. The number of nitrogens with one attached hydrogen (secondary N) is 2. The molecular formula is C21H26N4O3. The second-order valence-corrected chi connectivity index (χ2v) is 6.70. The van der Waals surface area contributed by atoms with Crippen LogP contribution < -0.4 is 15.5 Å². The molecule has 0 bridgehead atoms. The van der Waals surface area contributed by atoms with Gasteiger partial charge in [-0.05, 0) is 36.8 Å². The molecule has 7 nitrogen and oxygen atoms in total. The van der Waals surface area contributed by atoms with E-state index in [2.05, 4.69) is 20.4 Å². The Hall–Kier alpha value is -3.06. The van der Waals surface area contributed by atoms with Gasteiger partial charge in [0, 0.05) is 38.4 Å². The number of hydrogen-bond acceptors (Lipinski definition) is 5. The lowest BCUT2D eigenvalue weighted by molar-refractivity contribution is -0.125. The number of anilines is 1. The Morgan fingerprint density at radius 3 is 2.25 bits per heavy atom. The van der Waals surface area contributed by atoms with Crippen molar-refractivity contribution in [1.82, 2.24) is 15.5 Å². The van der Waals surface area contributed by atoms with E-state index >= 15 is 0 Å². The monoisotopic (exact) mass is 382 g/mol. The number of urea groups is 1. The van der Waals surface area contributed by atoms with E-state index in [0.717, 1.165) is 24.3 Å². The minimum Gasteiger partial charge on any atom is -0.508 e. The normalized spacial score (nSPS) is 15.7. The lowest BCUT2D eigenvalue weighted by Gasteiger charge is -2.39. The van der Waals surface area contributed by atoms with Gasteiger partial charge >= 0.3 is 6.03 Å². The van der Waals surface area contributed by atoms with E-state index < -0.39 is 12.1 Å². The molecule has 1 atom stereocenters. The van der Waals surface area contributed by atoms with Gasteiger partial charge in [0.15, 0.2) is 0 Å². The molecule has 3 N–H and O–H groups in total. The molecule has 3 rings (SSSR count). The van der Waals surface area contributed by atoms with Gasteiger partial charge in [-0.2, -0.15) is 0 Å². The molecule has 3 amide bonds. The van der Waals surface area contributed by atoms with E-state index in [9.17, 15) is 14.7 Å². The Morgan fingerprint density at radius 2 is 1.64 bits per heavy atom. The van der Waals surface area contributed by atoms with Crippen molar-refractivity contribution in [3.63, 3.8) is 0 Å². The molecule has 2 aromatic carbocycles. The Bertz CT molecular complexity index is 787. The Morgan fingerprint density at radius 1 is 1.00 bits per heavy atom. The van der Waals surface area contributed by atoms with Crippen molar-refractivity contribution in [2.24, 2.45) is 0 Å². The number of benzene rings is 2. The van der Waals surface area contributed by atoms with Crippen LogP contribution in [0.1, 0.15) is 18.5 Å². The summed E-state index contributed by atoms with van der Waals surface area (Å²) in [7, 11) is 0. The smallest absolute Gasteiger partial charge is 0.321 e. The molecule has 1 fully saturated rings. The predicted molar refractivity (Wildman–Crippen MR) is 108 cm³/mol. The lowest BCUT2D eigenvalue weighted by Crippen LogP contribution is -2.52. The Labute approximate surface area is 165 Å². The fraction of sp³-hybridized carbons (Fsp3) is 0.333. The number of phenols is 1. The first-order valence-corrected chi connectivity index (χ1v) is 9.50. The summed E-state index contributed by atoms with van der Waals surface area (Å²) in [6.45, 7) is 5.14. The van der Waals surface area contributed by atoms with Crippen LogP contribution in [-0.4, -0.2) is 54.7 Å². The Balaban J connectivity index is 1.71. The average Bonchev–Trinajstić information content (AvgIpc) is 2.70. The zero-order valence-corrected chi connectivity index (χ0v) is 16.0. The SMILES string of the molecule is CCNC(=O)NC(=O)C(c1ccccc1)N1CCN(c2ccc(O)cc2)CC1. The minimum atomic E-state index is -0.522. The fourth-order valence-corrected chi connectivity index (χ4v) is 3.45. The largest absolute Gasteiger partial charge is 0.508 e. The molecule has 7 heteroatoms. The van der Waals surface area contributed by atoms with Gasteiger partial charge in [-0.25, -0.2) is 4.79 Å². The van der Waals surface area contributed by atoms with E-state index in [1.165, 1.54) is 0 Å². The molecule has 2 aromatic rings. The quantitative estimate of drug-likeness (QED) is 0.738. The third-order valence-electron chi connectivity index (χ3n) is 4.83. The molecule has 1 saturated heterocycles. The van der Waals surface area contributed by atoms with Crippen molar-refractivity contribution in [1.29, 1.82) is 0 Å². The van der Waals surface area contributed by atoms with Crippen LogP contribution in [0.3, 0.4) is 0 Å². The summed E-state index contributed by atoms with van der Waals surface area (Å²) in [5, 5.41) is 14.5. The molecule has 1 aliphatic rings. The van der Waals surface area contributed by atoms with Gasteiger partial charge in [-0.15, -0.1) is 0 Å². The molecule has 0 radical (unpaired) electrons. The first-order valence-electron chi connectivity index (χ1n) is 9.50. The number of carbonyl (C=O) groups is 2. The third-order valence-corrected chi connectivity index (χ3v) is 4.83. The topological polar surface area (TPSA) is 84.9 Å². The van der Waals surface area contributed by atoms with Gasteiger partial charge in [-0.3, -0.25) is 15.0 Å². The molecule has 0 saturated carbocycles. The number of imide groups is 1. The summed E-state index contributed by atoms with van der Waals surface area (Å²) in [5.74, 6) is -0.0798. The summed E-state index contributed by atoms with van der Waals surface area (Å²) >= 11 is 0. The minimum absolute atomic E-state index is 0.244. The van der Waals surface area contributed by atoms with Crippen LogP contribution in [-0.2, 0) is 4.79 Å². The van der Waals surface area contributed by atoms with Crippen molar-refractivity contribution in [3.8, 4) is 5.75 Å². The molecule has 0 aromatic heterocycles. The molecule has 0 spiro atoms. The molecule has 148 valence electrons. The number of piperazine rings is 1. The van der Waals surface area contributed by atoms with Gasteiger partial charge in [0.25, 0.3) is 0 Å². The van der Waals surface area contributed by atoms with Crippen LogP contribution in [0.15, 0.2) is 54.6 Å². The standard InChI is InChI=1S/C21H26N4O3/c1-2-22-21(28)23-20(27)19(16-6-4-3-5-7-16)25-14-12-24(13-15-25)17-8-10-18(26)11-9-17/h3-11,19,26H,2,12-15H2,1H3,(H2,22,23,27,28). The van der Waals surface area contributed by atoms with Crippen LogP contribution >= 0.6 is 0 Å². The fourth-order valence-electron chi connectivity index (χ4n) is 3.45. The molecular weight excluding hydrogens is 356 g/mol. The van der Waals surface area contributed by atoms with Crippen LogP contribution in [0.4, 0.5) is 10.5 Å². The van der Waals surface area contributed by atoms with Crippen molar-refractivity contribution in [2.45, 2.75) is 13.0 Å². The number of nitrogens with zero attached hydrogens (tertiary/aromatic N) is 2. The van der Waals surface area contributed by atoms with E-state index in [1.54, 1.807) is 19.1 Å². The van der Waals surface area contributed by atoms with Crippen molar-refractivity contribution < 1.29 is 14.7 Å². The van der Waals surface area contributed by atoms with Crippen LogP contribution in [0.5, 0.6) is 5.75 Å². The van der Waals surface area contributed by atoms with E-state index in [-0.39, 0.29) is 11.7 Å². The highest BCUT2D eigenvalue weighted by molar-refractivity contribution is 5.97. The third kappa shape index (κ3) is 4.80. The zero-order chi connectivity index (χ0) is 19.9. The first-order chi connectivity index (χ1) is 13.6. The zero-order valence-electron chi connectivity index (χ0n) is 16.0. The maximum Gasteiger partial charge on any atom is 0.321 e. The molecule has 28 heavy (non-hydrogen) atoms.